The van der Waals surface area contributed by atoms with Gasteiger partial charge in [0.15, 0.2) is 0 Å². The first-order valence-electron chi connectivity index (χ1n) is 13.4. The van der Waals surface area contributed by atoms with E-state index in [2.05, 4.69) is 6.92 Å². The zero-order valence-electron chi connectivity index (χ0n) is 21.9. The van der Waals surface area contributed by atoms with Crippen LogP contribution in [0.5, 0.6) is 0 Å². The normalized spacial score (nSPS) is 44.7. The van der Waals surface area contributed by atoms with Gasteiger partial charge in [-0.3, -0.25) is 9.59 Å². The van der Waals surface area contributed by atoms with Gasteiger partial charge in [0.05, 0.1) is 11.0 Å². The van der Waals surface area contributed by atoms with Crippen LogP contribution in [0.25, 0.3) is 0 Å². The van der Waals surface area contributed by atoms with Crippen LogP contribution in [0.3, 0.4) is 0 Å². The van der Waals surface area contributed by atoms with E-state index in [0.717, 1.165) is 51.4 Å². The van der Waals surface area contributed by atoms with Crippen molar-refractivity contribution in [2.75, 3.05) is 0 Å². The quantitative estimate of drug-likeness (QED) is 0.461. The highest BCUT2D eigenvalue weighted by Gasteiger charge is 2.69. The minimum atomic E-state index is -0.850. The van der Waals surface area contributed by atoms with Gasteiger partial charge in [-0.1, -0.05) is 6.92 Å². The maximum Gasteiger partial charge on any atom is 0.311 e. The maximum atomic E-state index is 12.7. The van der Waals surface area contributed by atoms with Crippen molar-refractivity contribution in [3.63, 3.8) is 0 Å². The number of aliphatic hydroxyl groups is 1. The van der Waals surface area contributed by atoms with Crippen LogP contribution in [-0.2, 0) is 23.9 Å². The summed E-state index contributed by atoms with van der Waals surface area (Å²) < 4.78 is 11.4. The van der Waals surface area contributed by atoms with E-state index in [4.69, 9.17) is 9.47 Å². The Bertz CT molecular complexity index is 831. The summed E-state index contributed by atoms with van der Waals surface area (Å²) in [5, 5.41) is 12.3. The highest BCUT2D eigenvalue weighted by Crippen LogP contribution is 2.69. The lowest BCUT2D eigenvalue weighted by molar-refractivity contribution is -0.217. The van der Waals surface area contributed by atoms with Gasteiger partial charge in [-0.05, 0) is 103 Å². The van der Waals surface area contributed by atoms with Crippen molar-refractivity contribution in [2.24, 2.45) is 39.9 Å². The molecule has 4 fully saturated rings. The van der Waals surface area contributed by atoms with Crippen LogP contribution in [-0.4, -0.2) is 41.1 Å². The number of hydrogen-bond donors (Lipinski definition) is 1. The van der Waals surface area contributed by atoms with E-state index in [1.165, 1.54) is 13.2 Å². The molecule has 0 bridgehead atoms. The van der Waals surface area contributed by atoms with Crippen LogP contribution in [0.15, 0.2) is 0 Å². The number of rotatable bonds is 4. The van der Waals surface area contributed by atoms with Gasteiger partial charge in [0.1, 0.15) is 18.5 Å². The first-order valence-corrected chi connectivity index (χ1v) is 13.4. The molecule has 0 aromatic heterocycles. The molecule has 4 rings (SSSR count). The molecular weight excluding hydrogens is 432 g/mol. The molecule has 6 nitrogen and oxygen atoms in total. The van der Waals surface area contributed by atoms with E-state index in [1.807, 2.05) is 27.7 Å². The molecule has 1 N–H and O–H groups in total. The fourth-order valence-corrected chi connectivity index (χ4v) is 8.67. The first-order chi connectivity index (χ1) is 15.8. The van der Waals surface area contributed by atoms with Gasteiger partial charge >= 0.3 is 11.9 Å². The molecule has 0 heterocycles. The standard InChI is InChI=1S/C28H44O6/c1-17(33-24(31)25(3,4)5)21-11-14-28(32)23-8-7-19-15-20(34-18(2)30)9-13-27(19,16-29)22(23)10-12-26(21,28)6/h16-17,19-23,32H,7-15H2,1-6H3/t17?,19?,20?,21-,22+,23-,26-,27+,28-/m1/s1. The predicted molar refractivity (Wildman–Crippen MR) is 128 cm³/mol. The minimum absolute atomic E-state index is 0.0773. The number of fused-ring (bicyclic) bond motifs is 5. The monoisotopic (exact) mass is 476 g/mol. The van der Waals surface area contributed by atoms with Gasteiger partial charge in [-0.25, -0.2) is 0 Å². The lowest BCUT2D eigenvalue weighted by atomic mass is 9.43. The van der Waals surface area contributed by atoms with Crippen molar-refractivity contribution in [2.45, 2.75) is 117 Å². The van der Waals surface area contributed by atoms with Gasteiger partial charge in [-0.15, -0.1) is 0 Å². The number of carbonyl (C=O) groups is 3. The molecular formula is C28H44O6. The number of ether oxygens (including phenoxy) is 2. The highest BCUT2D eigenvalue weighted by atomic mass is 16.5. The topological polar surface area (TPSA) is 89.9 Å². The number of esters is 2. The van der Waals surface area contributed by atoms with Crippen molar-refractivity contribution in [1.82, 2.24) is 0 Å². The van der Waals surface area contributed by atoms with Gasteiger partial charge in [0.25, 0.3) is 0 Å². The number of carbonyl (C=O) groups excluding carboxylic acids is 3. The second kappa shape index (κ2) is 8.60. The zero-order chi connectivity index (χ0) is 25.1. The van der Waals surface area contributed by atoms with Crippen LogP contribution in [0.4, 0.5) is 0 Å². The summed E-state index contributed by atoms with van der Waals surface area (Å²) in [7, 11) is 0. The fourth-order valence-electron chi connectivity index (χ4n) is 8.67. The van der Waals surface area contributed by atoms with Crippen molar-refractivity contribution < 1.29 is 29.0 Å². The summed E-state index contributed by atoms with van der Waals surface area (Å²) in [6.07, 6.45) is 8.11. The Morgan fingerprint density at radius 2 is 1.74 bits per heavy atom. The van der Waals surface area contributed by atoms with Crippen molar-refractivity contribution in [3.05, 3.63) is 0 Å². The molecule has 192 valence electrons. The molecule has 4 aliphatic rings. The van der Waals surface area contributed by atoms with E-state index in [1.54, 1.807) is 0 Å². The molecule has 3 unspecified atom stereocenters. The van der Waals surface area contributed by atoms with E-state index in [-0.39, 0.29) is 53.2 Å². The third-order valence-corrected chi connectivity index (χ3v) is 10.5. The molecule has 4 saturated carbocycles. The molecule has 4 aliphatic carbocycles. The van der Waals surface area contributed by atoms with Crippen molar-refractivity contribution >= 4 is 18.2 Å². The summed E-state index contributed by atoms with van der Waals surface area (Å²) >= 11 is 0. The van der Waals surface area contributed by atoms with Crippen LogP contribution in [0, 0.1) is 39.9 Å². The molecule has 0 radical (unpaired) electrons. The Kier molecular flexibility index (Phi) is 6.49. The van der Waals surface area contributed by atoms with Gasteiger partial charge in [0.2, 0.25) is 0 Å². The summed E-state index contributed by atoms with van der Waals surface area (Å²) in [5.41, 5.74) is -2.17. The van der Waals surface area contributed by atoms with Crippen LogP contribution < -0.4 is 0 Å². The van der Waals surface area contributed by atoms with Crippen LogP contribution >= 0.6 is 0 Å². The maximum absolute atomic E-state index is 12.7. The van der Waals surface area contributed by atoms with E-state index >= 15 is 0 Å². The fraction of sp³-hybridized carbons (Fsp3) is 0.893. The number of hydrogen-bond acceptors (Lipinski definition) is 6. The lowest BCUT2D eigenvalue weighted by Crippen LogP contribution is -2.64. The Morgan fingerprint density at radius 1 is 1.03 bits per heavy atom. The van der Waals surface area contributed by atoms with E-state index in [9.17, 15) is 19.5 Å². The molecule has 9 atom stereocenters. The van der Waals surface area contributed by atoms with Crippen molar-refractivity contribution in [1.29, 1.82) is 0 Å². The second-order valence-electron chi connectivity index (χ2n) is 13.1. The van der Waals surface area contributed by atoms with Gasteiger partial charge in [0, 0.05) is 23.7 Å². The number of aldehydes is 1. The van der Waals surface area contributed by atoms with Crippen LogP contribution in [0.1, 0.15) is 99.3 Å². The summed E-state index contributed by atoms with van der Waals surface area (Å²) in [5.74, 6) is 0.103. The highest BCUT2D eigenvalue weighted by molar-refractivity contribution is 5.75. The summed E-state index contributed by atoms with van der Waals surface area (Å²) in [6.45, 7) is 11.2. The molecule has 0 aromatic carbocycles. The predicted octanol–water partition coefficient (Wildman–Crippen LogP) is 4.85. The van der Waals surface area contributed by atoms with E-state index < -0.39 is 16.4 Å². The minimum Gasteiger partial charge on any atom is -0.463 e. The third kappa shape index (κ3) is 3.83. The Hall–Kier alpha value is -1.43. The average Bonchev–Trinajstić information content (AvgIpc) is 3.03. The van der Waals surface area contributed by atoms with Gasteiger partial charge in [-0.2, -0.15) is 0 Å². The molecule has 0 aliphatic heterocycles. The largest absolute Gasteiger partial charge is 0.463 e. The molecule has 6 heteroatoms. The first kappa shape index (κ1) is 25.7. The van der Waals surface area contributed by atoms with Crippen LogP contribution in [0.2, 0.25) is 0 Å². The van der Waals surface area contributed by atoms with Crippen molar-refractivity contribution in [3.8, 4) is 0 Å². The smallest absolute Gasteiger partial charge is 0.311 e. The molecule has 0 aromatic rings. The second-order valence-corrected chi connectivity index (χ2v) is 13.1. The average molecular weight is 477 g/mol. The summed E-state index contributed by atoms with van der Waals surface area (Å²) in [4.78, 5) is 36.8. The Balaban J connectivity index is 1.56. The molecule has 0 spiro atoms. The molecule has 0 saturated heterocycles. The zero-order valence-corrected chi connectivity index (χ0v) is 21.9. The lowest BCUT2D eigenvalue weighted by Gasteiger charge is -2.63. The third-order valence-electron chi connectivity index (χ3n) is 10.5. The molecule has 34 heavy (non-hydrogen) atoms. The SMILES string of the molecule is CC(=O)OC1CC[C@]2(C=O)C(CC[C@@H]3[C@@H]2CC[C@]2(C)[C@@H](C(C)OC(=O)C(C)(C)C)CC[C@@]32O)C1. The Morgan fingerprint density at radius 3 is 2.35 bits per heavy atom. The van der Waals surface area contributed by atoms with Gasteiger partial charge < -0.3 is 19.4 Å². The molecule has 0 amide bonds. The van der Waals surface area contributed by atoms with E-state index in [0.29, 0.717) is 6.42 Å². The Labute approximate surface area is 204 Å². The summed E-state index contributed by atoms with van der Waals surface area (Å²) in [6, 6.07) is 0.